The molecule has 4 aliphatic rings. The Morgan fingerprint density at radius 1 is 1.04 bits per heavy atom. The van der Waals surface area contributed by atoms with Crippen LogP contribution in [0.4, 0.5) is 13.2 Å². The second-order valence-corrected chi connectivity index (χ2v) is 12.4. The summed E-state index contributed by atoms with van der Waals surface area (Å²) in [4.78, 5) is 53.2. The van der Waals surface area contributed by atoms with E-state index in [2.05, 4.69) is 10.1 Å². The third-order valence-corrected chi connectivity index (χ3v) is 8.91. The summed E-state index contributed by atoms with van der Waals surface area (Å²) in [6.07, 6.45) is -1.12. The molecule has 0 bridgehead atoms. The summed E-state index contributed by atoms with van der Waals surface area (Å²) >= 11 is 0. The maximum absolute atomic E-state index is 13.9. The van der Waals surface area contributed by atoms with E-state index in [9.17, 15) is 32.3 Å². The molecule has 2 N–H and O–H groups in total. The van der Waals surface area contributed by atoms with Crippen molar-refractivity contribution in [2.24, 2.45) is 0 Å². The van der Waals surface area contributed by atoms with Crippen molar-refractivity contribution >= 4 is 29.8 Å². The second kappa shape index (κ2) is 14.1. The van der Waals surface area contributed by atoms with Gasteiger partial charge >= 0.3 is 18.1 Å². The molecule has 0 saturated carbocycles. The lowest BCUT2D eigenvalue weighted by Crippen LogP contribution is -2.49. The minimum Gasteiger partial charge on any atom is -0.456 e. The number of benzene rings is 2. The molecule has 14 heteroatoms. The van der Waals surface area contributed by atoms with Gasteiger partial charge in [-0.15, -0.1) is 0 Å². The highest BCUT2D eigenvalue weighted by Crippen LogP contribution is 2.45. The highest BCUT2D eigenvalue weighted by atomic mass is 19.4. The summed E-state index contributed by atoms with van der Waals surface area (Å²) in [5.41, 5.74) is 3.05. The quantitative estimate of drug-likeness (QED) is 0.301. The van der Waals surface area contributed by atoms with Gasteiger partial charge in [-0.3, -0.25) is 9.59 Å². The van der Waals surface area contributed by atoms with Crippen molar-refractivity contribution in [3.05, 3.63) is 88.5 Å². The lowest BCUT2D eigenvalue weighted by molar-refractivity contribution is -0.182. The number of hydrogen-bond donors (Lipinski definition) is 2. The molecule has 2 aliphatic heterocycles. The Morgan fingerprint density at radius 2 is 1.76 bits per heavy atom. The predicted octanol–water partition coefficient (Wildman–Crippen LogP) is 3.04. The van der Waals surface area contributed by atoms with E-state index in [0.717, 1.165) is 17.2 Å². The molecule has 0 aromatic heterocycles. The molecule has 49 heavy (non-hydrogen) atoms. The topological polar surface area (TPSA) is 141 Å². The van der Waals surface area contributed by atoms with Gasteiger partial charge in [0.15, 0.2) is 12.4 Å². The molecule has 2 heterocycles. The zero-order valence-electron chi connectivity index (χ0n) is 26.3. The van der Waals surface area contributed by atoms with Gasteiger partial charge in [-0.05, 0) is 53.8 Å². The molecule has 2 aliphatic carbocycles. The molecule has 11 nitrogen and oxygen atoms in total. The van der Waals surface area contributed by atoms with Crippen LogP contribution in [0.3, 0.4) is 0 Å². The van der Waals surface area contributed by atoms with Crippen molar-refractivity contribution in [2.75, 3.05) is 26.3 Å². The highest BCUT2D eigenvalue weighted by molar-refractivity contribution is 5.98. The van der Waals surface area contributed by atoms with Gasteiger partial charge in [0.2, 0.25) is 11.8 Å². The van der Waals surface area contributed by atoms with E-state index < -0.39 is 54.9 Å². The third kappa shape index (κ3) is 7.87. The van der Waals surface area contributed by atoms with Gasteiger partial charge in [0, 0.05) is 44.0 Å². The molecule has 2 aromatic carbocycles. The molecule has 2 aromatic rings. The first-order valence-corrected chi connectivity index (χ1v) is 16.0. The SMILES string of the molecule is O=C(C=Cc1ccc(C(=O)OC2CC(C(=O)N3CCCC3C(=O)NCCO)=CC3OC4(Cc5ccccc5C4)OC32)cc1)OCC(F)(F)F. The minimum absolute atomic E-state index is 0.0144. The maximum Gasteiger partial charge on any atom is 0.422 e. The lowest BCUT2D eigenvalue weighted by Gasteiger charge is -2.32. The number of fused-ring (bicyclic) bond motifs is 2. The number of aliphatic hydroxyl groups is 1. The predicted molar refractivity (Wildman–Crippen MR) is 166 cm³/mol. The number of halogens is 3. The van der Waals surface area contributed by atoms with Gasteiger partial charge in [-0.2, -0.15) is 13.2 Å². The zero-order chi connectivity index (χ0) is 34.8. The molecule has 2 saturated heterocycles. The second-order valence-electron chi connectivity index (χ2n) is 12.4. The molecule has 6 rings (SSSR count). The number of nitrogens with one attached hydrogen (secondary N) is 1. The van der Waals surface area contributed by atoms with Crippen molar-refractivity contribution < 1.29 is 56.4 Å². The van der Waals surface area contributed by atoms with Gasteiger partial charge in [-0.25, -0.2) is 9.59 Å². The van der Waals surface area contributed by atoms with Crippen molar-refractivity contribution in [1.82, 2.24) is 10.2 Å². The lowest BCUT2D eigenvalue weighted by atomic mass is 9.91. The van der Waals surface area contributed by atoms with Gasteiger partial charge in [-0.1, -0.05) is 36.4 Å². The minimum atomic E-state index is -4.64. The van der Waals surface area contributed by atoms with E-state index in [1.54, 1.807) is 6.08 Å². The van der Waals surface area contributed by atoms with Crippen molar-refractivity contribution in [1.29, 1.82) is 0 Å². The van der Waals surface area contributed by atoms with Gasteiger partial charge in [0.25, 0.3) is 0 Å². The summed E-state index contributed by atoms with van der Waals surface area (Å²) in [5, 5.41) is 11.8. The molecule has 260 valence electrons. The number of ether oxygens (including phenoxy) is 4. The number of amides is 2. The normalized spacial score (nSPS) is 24.0. The van der Waals surface area contributed by atoms with Crippen LogP contribution in [-0.4, -0.2) is 96.4 Å². The number of esters is 2. The first-order chi connectivity index (χ1) is 23.4. The van der Waals surface area contributed by atoms with Crippen LogP contribution in [0, 0.1) is 0 Å². The number of hydrogen-bond acceptors (Lipinski definition) is 9. The molecular formula is C35H35F3N2O9. The first-order valence-electron chi connectivity index (χ1n) is 16.0. The van der Waals surface area contributed by atoms with Crippen molar-refractivity contribution in [3.63, 3.8) is 0 Å². The fraction of sp³-hybridized carbons (Fsp3) is 0.429. The average molecular weight is 685 g/mol. The highest BCUT2D eigenvalue weighted by Gasteiger charge is 2.55. The molecule has 2 amide bonds. The number of alkyl halides is 3. The van der Waals surface area contributed by atoms with Crippen LogP contribution in [0.25, 0.3) is 6.08 Å². The number of nitrogens with zero attached hydrogens (tertiary/aromatic N) is 1. The smallest absolute Gasteiger partial charge is 0.422 e. The summed E-state index contributed by atoms with van der Waals surface area (Å²) in [6.45, 7) is -1.49. The Kier molecular flexibility index (Phi) is 9.91. The monoisotopic (exact) mass is 684 g/mol. The molecule has 1 spiro atoms. The Balaban J connectivity index is 1.18. The molecule has 4 atom stereocenters. The fourth-order valence-electron chi connectivity index (χ4n) is 6.72. The Morgan fingerprint density at radius 3 is 2.43 bits per heavy atom. The Labute approximate surface area is 279 Å². The molecule has 2 fully saturated rings. The molecule has 0 radical (unpaired) electrons. The van der Waals surface area contributed by atoms with Crippen molar-refractivity contribution in [2.45, 2.75) is 68.4 Å². The number of aliphatic hydroxyl groups excluding tert-OH is 1. The maximum atomic E-state index is 13.9. The summed E-state index contributed by atoms with van der Waals surface area (Å²) in [7, 11) is 0. The van der Waals surface area contributed by atoms with E-state index in [1.807, 2.05) is 24.3 Å². The summed E-state index contributed by atoms with van der Waals surface area (Å²) in [6, 6.07) is 13.0. The third-order valence-electron chi connectivity index (χ3n) is 8.91. The van der Waals surface area contributed by atoms with Crippen LogP contribution in [0.1, 0.15) is 46.3 Å². The first kappa shape index (κ1) is 34.3. The van der Waals surface area contributed by atoms with E-state index in [4.69, 9.17) is 19.3 Å². The van der Waals surface area contributed by atoms with Gasteiger partial charge in [0.05, 0.1) is 12.2 Å². The molecule has 4 unspecified atom stereocenters. The van der Waals surface area contributed by atoms with Crippen molar-refractivity contribution in [3.8, 4) is 0 Å². The Bertz CT molecular complexity index is 1630. The van der Waals surface area contributed by atoms with Gasteiger partial charge in [0.1, 0.15) is 24.4 Å². The van der Waals surface area contributed by atoms with Gasteiger partial charge < -0.3 is 34.3 Å². The fourth-order valence-corrected chi connectivity index (χ4v) is 6.72. The van der Waals surface area contributed by atoms with Crippen LogP contribution in [0.5, 0.6) is 0 Å². The van der Waals surface area contributed by atoms with Crippen LogP contribution < -0.4 is 5.32 Å². The largest absolute Gasteiger partial charge is 0.456 e. The average Bonchev–Trinajstić information content (AvgIpc) is 3.80. The zero-order valence-corrected chi connectivity index (χ0v) is 26.3. The van der Waals surface area contributed by atoms with Crippen LogP contribution >= 0.6 is 0 Å². The molecular weight excluding hydrogens is 649 g/mol. The number of likely N-dealkylation sites (tertiary alicyclic amines) is 1. The summed E-state index contributed by atoms with van der Waals surface area (Å²) < 4.78 is 60.0. The standard InChI is InChI=1S/C35H35F3N2O9/c36-35(37,38)20-46-29(42)12-9-21-7-10-22(11-8-21)33(45)47-27-16-25(32(44)40-14-3-6-26(40)31(43)39-13-15-41)17-28-30(27)49-34(48-28)18-23-4-1-2-5-24(23)19-34/h1-2,4-5,7-12,17,26-28,30,41H,3,6,13-16,18-20H2,(H,39,43). The van der Waals surface area contributed by atoms with Crippen LogP contribution in [0.15, 0.2) is 66.3 Å². The number of rotatable bonds is 9. The number of carbonyl (C=O) groups excluding carboxylic acids is 4. The van der Waals surface area contributed by atoms with Crippen LogP contribution in [-0.2, 0) is 46.2 Å². The van der Waals surface area contributed by atoms with E-state index in [-0.39, 0.29) is 37.0 Å². The van der Waals surface area contributed by atoms with E-state index >= 15 is 0 Å². The van der Waals surface area contributed by atoms with E-state index in [1.165, 1.54) is 35.2 Å². The van der Waals surface area contributed by atoms with Crippen LogP contribution in [0.2, 0.25) is 0 Å². The van der Waals surface area contributed by atoms with E-state index in [0.29, 0.717) is 43.4 Å². The summed E-state index contributed by atoms with van der Waals surface area (Å²) in [5.74, 6) is -3.60. The number of carbonyl (C=O) groups is 4. The Hall–Kier alpha value is -4.53.